The summed E-state index contributed by atoms with van der Waals surface area (Å²) in [5.41, 5.74) is 2.48. The van der Waals surface area contributed by atoms with E-state index < -0.39 is 0 Å². The monoisotopic (exact) mass is 412 g/mol. The van der Waals surface area contributed by atoms with Crippen LogP contribution >= 0.6 is 15.9 Å². The highest BCUT2D eigenvalue weighted by molar-refractivity contribution is 9.10. The third-order valence-electron chi connectivity index (χ3n) is 5.45. The molecule has 1 aliphatic heterocycles. The SMILES string of the molecule is COc1cccc([C@@]2(C)CCCN2C(=O)c2c[nH]c3cc(Br)ccc23)c1. The number of methoxy groups -OCH3 is 1. The summed E-state index contributed by atoms with van der Waals surface area (Å²) in [6, 6.07) is 14.0. The van der Waals surface area contributed by atoms with E-state index in [1.54, 1.807) is 7.11 Å². The minimum Gasteiger partial charge on any atom is -0.497 e. The minimum atomic E-state index is -0.329. The van der Waals surface area contributed by atoms with E-state index in [2.05, 4.69) is 33.9 Å². The van der Waals surface area contributed by atoms with Gasteiger partial charge in [0.25, 0.3) is 5.91 Å². The van der Waals surface area contributed by atoms with Crippen LogP contribution in [0.3, 0.4) is 0 Å². The number of hydrogen-bond donors (Lipinski definition) is 1. The molecule has 4 nitrogen and oxygen atoms in total. The van der Waals surface area contributed by atoms with Gasteiger partial charge in [0.2, 0.25) is 0 Å². The fraction of sp³-hybridized carbons (Fsp3) is 0.286. The Morgan fingerprint density at radius 2 is 2.12 bits per heavy atom. The second-order valence-corrected chi connectivity index (χ2v) is 7.87. The largest absolute Gasteiger partial charge is 0.497 e. The van der Waals surface area contributed by atoms with Gasteiger partial charge in [0, 0.05) is 28.1 Å². The van der Waals surface area contributed by atoms with Crippen LogP contribution in [-0.2, 0) is 5.54 Å². The molecule has 1 amide bonds. The molecular formula is C21H21BrN2O2. The Balaban J connectivity index is 1.74. The number of amides is 1. The first-order valence-corrected chi connectivity index (χ1v) is 9.55. The number of likely N-dealkylation sites (tertiary alicyclic amines) is 1. The molecule has 0 radical (unpaired) electrons. The van der Waals surface area contributed by atoms with Crippen molar-refractivity contribution >= 4 is 32.7 Å². The first kappa shape index (κ1) is 17.2. The van der Waals surface area contributed by atoms with Crippen molar-refractivity contribution < 1.29 is 9.53 Å². The fourth-order valence-electron chi connectivity index (χ4n) is 3.97. The lowest BCUT2D eigenvalue weighted by atomic mass is 9.88. The molecular weight excluding hydrogens is 392 g/mol. The smallest absolute Gasteiger partial charge is 0.256 e. The number of hydrogen-bond acceptors (Lipinski definition) is 2. The third-order valence-corrected chi connectivity index (χ3v) is 5.95. The molecule has 134 valence electrons. The Morgan fingerprint density at radius 1 is 1.27 bits per heavy atom. The summed E-state index contributed by atoms with van der Waals surface area (Å²) in [5.74, 6) is 0.890. The number of nitrogens with one attached hydrogen (secondary N) is 1. The van der Waals surface area contributed by atoms with E-state index in [0.717, 1.165) is 51.6 Å². The first-order chi connectivity index (χ1) is 12.5. The van der Waals surface area contributed by atoms with Gasteiger partial charge in [0.15, 0.2) is 0 Å². The van der Waals surface area contributed by atoms with Crippen molar-refractivity contribution in [3.63, 3.8) is 0 Å². The molecule has 1 saturated heterocycles. The molecule has 0 saturated carbocycles. The Hall–Kier alpha value is -2.27. The van der Waals surface area contributed by atoms with Gasteiger partial charge in [0.1, 0.15) is 5.75 Å². The predicted octanol–water partition coefficient (Wildman–Crippen LogP) is 5.09. The molecule has 1 atom stereocenters. The second kappa shape index (κ2) is 6.47. The molecule has 2 aromatic carbocycles. The molecule has 3 aromatic rings. The van der Waals surface area contributed by atoms with Crippen LogP contribution in [0.2, 0.25) is 0 Å². The number of nitrogens with zero attached hydrogens (tertiary/aromatic N) is 1. The molecule has 1 aromatic heterocycles. The van der Waals surface area contributed by atoms with Gasteiger partial charge in [-0.3, -0.25) is 4.79 Å². The lowest BCUT2D eigenvalue weighted by molar-refractivity contribution is 0.0621. The average Bonchev–Trinajstić information content (AvgIpc) is 3.25. The van der Waals surface area contributed by atoms with Crippen LogP contribution in [0.1, 0.15) is 35.7 Å². The Morgan fingerprint density at radius 3 is 2.92 bits per heavy atom. The summed E-state index contributed by atoms with van der Waals surface area (Å²) in [6.45, 7) is 2.91. The number of aromatic nitrogens is 1. The van der Waals surface area contributed by atoms with Crippen LogP contribution < -0.4 is 4.74 Å². The zero-order valence-electron chi connectivity index (χ0n) is 14.9. The van der Waals surface area contributed by atoms with Crippen LogP contribution in [0, 0.1) is 0 Å². The Labute approximate surface area is 161 Å². The van der Waals surface area contributed by atoms with E-state index >= 15 is 0 Å². The number of carbonyl (C=O) groups is 1. The molecule has 0 aliphatic carbocycles. The lowest BCUT2D eigenvalue weighted by Gasteiger charge is -2.36. The second-order valence-electron chi connectivity index (χ2n) is 6.96. The van der Waals surface area contributed by atoms with Crippen LogP contribution in [-0.4, -0.2) is 29.4 Å². The standard InChI is InChI=1S/C21H21BrN2O2/c1-21(14-5-3-6-16(11-14)26-2)9-4-10-24(21)20(25)18-13-23-19-12-15(22)7-8-17(18)19/h3,5-8,11-13,23H,4,9-10H2,1-2H3/t21-/m1/s1. The summed E-state index contributed by atoms with van der Waals surface area (Å²) in [4.78, 5) is 18.6. The number of aromatic amines is 1. The fourth-order valence-corrected chi connectivity index (χ4v) is 4.33. The molecule has 4 rings (SSSR count). The number of carbonyl (C=O) groups excluding carboxylic acids is 1. The Bertz CT molecular complexity index is 981. The molecule has 1 aliphatic rings. The maximum atomic E-state index is 13.4. The number of halogens is 1. The van der Waals surface area contributed by atoms with Crippen molar-refractivity contribution in [1.29, 1.82) is 0 Å². The molecule has 26 heavy (non-hydrogen) atoms. The summed E-state index contributed by atoms with van der Waals surface area (Å²) in [6.07, 6.45) is 3.76. The zero-order chi connectivity index (χ0) is 18.3. The van der Waals surface area contributed by atoms with E-state index in [9.17, 15) is 4.79 Å². The van der Waals surface area contributed by atoms with Crippen LogP contribution in [0.15, 0.2) is 53.1 Å². The van der Waals surface area contributed by atoms with Gasteiger partial charge in [-0.05, 0) is 49.6 Å². The first-order valence-electron chi connectivity index (χ1n) is 8.76. The van der Waals surface area contributed by atoms with E-state index in [-0.39, 0.29) is 11.4 Å². The van der Waals surface area contributed by atoms with E-state index in [4.69, 9.17) is 4.74 Å². The summed E-state index contributed by atoms with van der Waals surface area (Å²) < 4.78 is 6.38. The number of H-pyrrole nitrogens is 1. The quantitative estimate of drug-likeness (QED) is 0.650. The van der Waals surface area contributed by atoms with E-state index in [1.165, 1.54) is 0 Å². The molecule has 0 bridgehead atoms. The zero-order valence-corrected chi connectivity index (χ0v) is 16.5. The van der Waals surface area contributed by atoms with Crippen molar-refractivity contribution in [3.05, 3.63) is 64.3 Å². The van der Waals surface area contributed by atoms with Crippen LogP contribution in [0.4, 0.5) is 0 Å². The van der Waals surface area contributed by atoms with Crippen LogP contribution in [0.25, 0.3) is 10.9 Å². The highest BCUT2D eigenvalue weighted by Gasteiger charge is 2.41. The van der Waals surface area contributed by atoms with Crippen LogP contribution in [0.5, 0.6) is 5.75 Å². The maximum absolute atomic E-state index is 13.4. The molecule has 1 N–H and O–H groups in total. The predicted molar refractivity (Wildman–Crippen MR) is 107 cm³/mol. The maximum Gasteiger partial charge on any atom is 0.256 e. The average molecular weight is 413 g/mol. The number of benzene rings is 2. The van der Waals surface area contributed by atoms with Crippen molar-refractivity contribution in [3.8, 4) is 5.75 Å². The van der Waals surface area contributed by atoms with Gasteiger partial charge in [-0.2, -0.15) is 0 Å². The number of ether oxygens (including phenoxy) is 1. The topological polar surface area (TPSA) is 45.3 Å². The van der Waals surface area contributed by atoms with Crippen molar-refractivity contribution in [2.24, 2.45) is 0 Å². The van der Waals surface area contributed by atoms with E-state index in [0.29, 0.717) is 0 Å². The lowest BCUT2D eigenvalue weighted by Crippen LogP contribution is -2.42. The summed E-state index contributed by atoms with van der Waals surface area (Å²) >= 11 is 3.48. The van der Waals surface area contributed by atoms with Crippen molar-refractivity contribution in [1.82, 2.24) is 9.88 Å². The van der Waals surface area contributed by atoms with Crippen molar-refractivity contribution in [2.45, 2.75) is 25.3 Å². The normalized spacial score (nSPS) is 19.9. The van der Waals surface area contributed by atoms with E-state index in [1.807, 2.05) is 47.5 Å². The highest BCUT2D eigenvalue weighted by atomic mass is 79.9. The third kappa shape index (κ3) is 2.71. The van der Waals surface area contributed by atoms with Gasteiger partial charge in [-0.1, -0.05) is 34.1 Å². The van der Waals surface area contributed by atoms with Gasteiger partial charge < -0.3 is 14.6 Å². The molecule has 2 heterocycles. The minimum absolute atomic E-state index is 0.0707. The summed E-state index contributed by atoms with van der Waals surface area (Å²) in [5, 5.41) is 0.957. The molecule has 5 heteroatoms. The van der Waals surface area contributed by atoms with Gasteiger partial charge in [-0.15, -0.1) is 0 Å². The molecule has 0 spiro atoms. The van der Waals surface area contributed by atoms with Gasteiger partial charge in [-0.25, -0.2) is 0 Å². The van der Waals surface area contributed by atoms with Gasteiger partial charge in [0.05, 0.1) is 18.2 Å². The number of fused-ring (bicyclic) bond motifs is 1. The Kier molecular flexibility index (Phi) is 4.27. The molecule has 0 unspecified atom stereocenters. The van der Waals surface area contributed by atoms with Crippen molar-refractivity contribution in [2.75, 3.05) is 13.7 Å². The highest BCUT2D eigenvalue weighted by Crippen LogP contribution is 2.41. The summed E-state index contributed by atoms with van der Waals surface area (Å²) in [7, 11) is 1.67. The number of rotatable bonds is 3. The van der Waals surface area contributed by atoms with Gasteiger partial charge >= 0.3 is 0 Å². The molecule has 1 fully saturated rings.